The van der Waals surface area contributed by atoms with Gasteiger partial charge in [0.05, 0.1) is 12.0 Å². The van der Waals surface area contributed by atoms with Crippen molar-refractivity contribution in [3.05, 3.63) is 29.8 Å². The first-order valence-corrected chi connectivity index (χ1v) is 3.99. The zero-order valence-electron chi connectivity index (χ0n) is 7.86. The molecule has 2 heteroatoms. The zero-order chi connectivity index (χ0) is 9.68. The number of nitrogens with zero attached hydrogens (tertiary/aromatic N) is 2. The highest BCUT2D eigenvalue weighted by Gasteiger charge is 1.89. The Labute approximate surface area is 78.9 Å². The normalized spacial score (nSPS) is 9.92. The van der Waals surface area contributed by atoms with Crippen molar-refractivity contribution in [2.24, 2.45) is 4.99 Å². The predicted octanol–water partition coefficient (Wildman–Crippen LogP) is 1.89. The molecule has 1 aromatic carbocycles. The standard InChI is InChI=1S/C11H12N2/c1-4-10-6-5-7-11(8-10)12-9-13(2)3/h1,5-9H,2-3H3. The molecule has 0 N–H and O–H groups in total. The third kappa shape index (κ3) is 3.00. The summed E-state index contributed by atoms with van der Waals surface area (Å²) in [6, 6.07) is 7.58. The van der Waals surface area contributed by atoms with Crippen LogP contribution in [0, 0.1) is 12.3 Å². The molecule has 1 aromatic rings. The summed E-state index contributed by atoms with van der Waals surface area (Å²) in [4.78, 5) is 6.10. The minimum Gasteiger partial charge on any atom is -0.369 e. The molecule has 0 aliphatic carbocycles. The fraction of sp³-hybridized carbons (Fsp3) is 0.182. The Morgan fingerprint density at radius 2 is 2.23 bits per heavy atom. The van der Waals surface area contributed by atoms with Crippen LogP contribution >= 0.6 is 0 Å². The molecule has 2 nitrogen and oxygen atoms in total. The van der Waals surface area contributed by atoms with Crippen LogP contribution in [-0.2, 0) is 0 Å². The van der Waals surface area contributed by atoms with Crippen LogP contribution in [0.15, 0.2) is 29.3 Å². The van der Waals surface area contributed by atoms with Crippen molar-refractivity contribution >= 4 is 12.0 Å². The van der Waals surface area contributed by atoms with E-state index in [4.69, 9.17) is 6.42 Å². The summed E-state index contributed by atoms with van der Waals surface area (Å²) in [6.45, 7) is 0. The lowest BCUT2D eigenvalue weighted by Crippen LogP contribution is -2.06. The number of benzene rings is 1. The van der Waals surface area contributed by atoms with Gasteiger partial charge in [0.25, 0.3) is 0 Å². The first-order valence-electron chi connectivity index (χ1n) is 3.99. The van der Waals surface area contributed by atoms with E-state index in [0.717, 1.165) is 11.3 Å². The van der Waals surface area contributed by atoms with E-state index in [2.05, 4.69) is 10.9 Å². The second kappa shape index (κ2) is 4.32. The Balaban J connectivity index is 2.85. The lowest BCUT2D eigenvalue weighted by Gasteiger charge is -2.02. The van der Waals surface area contributed by atoms with Gasteiger partial charge < -0.3 is 4.90 Å². The van der Waals surface area contributed by atoms with Gasteiger partial charge in [-0.25, -0.2) is 4.99 Å². The van der Waals surface area contributed by atoms with Crippen LogP contribution < -0.4 is 0 Å². The first kappa shape index (κ1) is 9.34. The molecule has 0 amide bonds. The molecule has 0 unspecified atom stereocenters. The summed E-state index contributed by atoms with van der Waals surface area (Å²) < 4.78 is 0. The highest BCUT2D eigenvalue weighted by Crippen LogP contribution is 2.12. The van der Waals surface area contributed by atoms with E-state index in [0.29, 0.717) is 0 Å². The van der Waals surface area contributed by atoms with Gasteiger partial charge in [0.2, 0.25) is 0 Å². The minimum absolute atomic E-state index is 0.855. The molecule has 1 rings (SSSR count). The fourth-order valence-corrected chi connectivity index (χ4v) is 0.858. The monoisotopic (exact) mass is 172 g/mol. The van der Waals surface area contributed by atoms with Crippen LogP contribution in [0.4, 0.5) is 5.69 Å². The SMILES string of the molecule is C#Cc1cccc(N=CN(C)C)c1. The topological polar surface area (TPSA) is 15.6 Å². The van der Waals surface area contributed by atoms with Crippen molar-refractivity contribution in [3.8, 4) is 12.3 Å². The highest BCUT2D eigenvalue weighted by atomic mass is 15.1. The van der Waals surface area contributed by atoms with Crippen molar-refractivity contribution in [3.63, 3.8) is 0 Å². The molecular weight excluding hydrogens is 160 g/mol. The average molecular weight is 172 g/mol. The summed E-state index contributed by atoms with van der Waals surface area (Å²) in [5, 5.41) is 0. The van der Waals surface area contributed by atoms with Gasteiger partial charge in [-0.1, -0.05) is 12.0 Å². The molecule has 0 fully saturated rings. The van der Waals surface area contributed by atoms with Crippen LogP contribution in [0.2, 0.25) is 0 Å². The van der Waals surface area contributed by atoms with Crippen LogP contribution in [0.3, 0.4) is 0 Å². The zero-order valence-corrected chi connectivity index (χ0v) is 7.86. The minimum atomic E-state index is 0.855. The summed E-state index contributed by atoms with van der Waals surface area (Å²) in [5.74, 6) is 2.57. The Hall–Kier alpha value is -1.75. The summed E-state index contributed by atoms with van der Waals surface area (Å²) >= 11 is 0. The van der Waals surface area contributed by atoms with Gasteiger partial charge in [0.1, 0.15) is 0 Å². The number of hydrogen-bond acceptors (Lipinski definition) is 1. The molecule has 0 spiro atoms. The molecule has 0 heterocycles. The maximum absolute atomic E-state index is 5.26. The quantitative estimate of drug-likeness (QED) is 0.378. The van der Waals surface area contributed by atoms with E-state index < -0.39 is 0 Å². The molecule has 0 saturated heterocycles. The van der Waals surface area contributed by atoms with Crippen LogP contribution in [0.1, 0.15) is 5.56 Å². The average Bonchev–Trinajstić information content (AvgIpc) is 2.15. The maximum Gasteiger partial charge on any atom is 0.0907 e. The highest BCUT2D eigenvalue weighted by molar-refractivity contribution is 5.61. The first-order chi connectivity index (χ1) is 6.22. The largest absolute Gasteiger partial charge is 0.369 e. The lowest BCUT2D eigenvalue weighted by molar-refractivity contribution is 0.643. The summed E-state index contributed by atoms with van der Waals surface area (Å²) in [7, 11) is 3.85. The van der Waals surface area contributed by atoms with E-state index in [1.807, 2.05) is 43.3 Å². The molecule has 0 atom stereocenters. The summed E-state index contributed by atoms with van der Waals surface area (Å²) in [5.41, 5.74) is 1.73. The Morgan fingerprint density at radius 1 is 1.46 bits per heavy atom. The number of terminal acetylenes is 1. The van der Waals surface area contributed by atoms with E-state index in [-0.39, 0.29) is 0 Å². The van der Waals surface area contributed by atoms with Gasteiger partial charge in [-0.2, -0.15) is 0 Å². The van der Waals surface area contributed by atoms with Crippen molar-refractivity contribution in [1.82, 2.24) is 4.90 Å². The van der Waals surface area contributed by atoms with Crippen LogP contribution in [0.5, 0.6) is 0 Å². The Bertz CT molecular complexity index is 345. The smallest absolute Gasteiger partial charge is 0.0907 e. The molecule has 0 aliphatic heterocycles. The molecule has 0 saturated carbocycles. The fourth-order valence-electron chi connectivity index (χ4n) is 0.858. The molecule has 0 aromatic heterocycles. The van der Waals surface area contributed by atoms with Crippen LogP contribution in [0.25, 0.3) is 0 Å². The number of aliphatic imine (C=N–C) groups is 1. The van der Waals surface area contributed by atoms with E-state index >= 15 is 0 Å². The third-order valence-corrected chi connectivity index (χ3v) is 1.45. The third-order valence-electron chi connectivity index (χ3n) is 1.45. The Kier molecular flexibility index (Phi) is 3.10. The van der Waals surface area contributed by atoms with Gasteiger partial charge >= 0.3 is 0 Å². The van der Waals surface area contributed by atoms with Crippen molar-refractivity contribution in [2.75, 3.05) is 14.1 Å². The lowest BCUT2D eigenvalue weighted by atomic mass is 10.2. The van der Waals surface area contributed by atoms with E-state index in [1.165, 1.54) is 0 Å². The molecule has 0 radical (unpaired) electrons. The number of hydrogen-bond donors (Lipinski definition) is 0. The van der Waals surface area contributed by atoms with Gasteiger partial charge in [0, 0.05) is 19.7 Å². The van der Waals surface area contributed by atoms with Gasteiger partial charge in [-0.05, 0) is 18.2 Å². The van der Waals surface area contributed by atoms with Crippen molar-refractivity contribution in [1.29, 1.82) is 0 Å². The van der Waals surface area contributed by atoms with Gasteiger partial charge in [-0.3, -0.25) is 0 Å². The van der Waals surface area contributed by atoms with Crippen molar-refractivity contribution < 1.29 is 0 Å². The maximum atomic E-state index is 5.26. The summed E-state index contributed by atoms with van der Waals surface area (Å²) in [6.07, 6.45) is 7.01. The molecule has 0 bridgehead atoms. The van der Waals surface area contributed by atoms with E-state index in [9.17, 15) is 0 Å². The predicted molar refractivity (Wildman–Crippen MR) is 56.2 cm³/mol. The van der Waals surface area contributed by atoms with Gasteiger partial charge in [-0.15, -0.1) is 6.42 Å². The second-order valence-corrected chi connectivity index (χ2v) is 2.90. The molecule has 0 aliphatic rings. The molecule has 13 heavy (non-hydrogen) atoms. The number of rotatable bonds is 2. The molecular formula is C11H12N2. The molecule has 66 valence electrons. The second-order valence-electron chi connectivity index (χ2n) is 2.90. The Morgan fingerprint density at radius 3 is 2.85 bits per heavy atom. The van der Waals surface area contributed by atoms with Crippen molar-refractivity contribution in [2.45, 2.75) is 0 Å². The van der Waals surface area contributed by atoms with Crippen LogP contribution in [-0.4, -0.2) is 25.3 Å². The van der Waals surface area contributed by atoms with Gasteiger partial charge in [0.15, 0.2) is 0 Å². The van der Waals surface area contributed by atoms with E-state index in [1.54, 1.807) is 6.34 Å².